The quantitative estimate of drug-likeness (QED) is 0.828. The predicted molar refractivity (Wildman–Crippen MR) is 100.0 cm³/mol. The van der Waals surface area contributed by atoms with Gasteiger partial charge < -0.3 is 14.2 Å². The van der Waals surface area contributed by atoms with Crippen molar-refractivity contribution in [2.75, 3.05) is 26.2 Å². The largest absolute Gasteiger partial charge is 0.448 e. The highest BCUT2D eigenvalue weighted by atomic mass is 16.3. The summed E-state index contributed by atoms with van der Waals surface area (Å²) in [6.45, 7) is 5.85. The van der Waals surface area contributed by atoms with Crippen LogP contribution in [0.25, 0.3) is 0 Å². The molecule has 1 aromatic heterocycles. The molecule has 0 aliphatic carbocycles. The van der Waals surface area contributed by atoms with Crippen LogP contribution >= 0.6 is 0 Å². The second-order valence-electron chi connectivity index (χ2n) is 7.66. The Bertz CT molecular complexity index is 743. The summed E-state index contributed by atoms with van der Waals surface area (Å²) >= 11 is 0. The fourth-order valence-corrected chi connectivity index (χ4v) is 4.41. The molecule has 5 nitrogen and oxygen atoms in total. The number of rotatable bonds is 5. The molecular formula is C21H27N3O2. The van der Waals surface area contributed by atoms with Gasteiger partial charge in [-0.25, -0.2) is 4.98 Å². The van der Waals surface area contributed by atoms with Crippen molar-refractivity contribution in [1.29, 1.82) is 0 Å². The number of carbonyl (C=O) groups is 1. The lowest BCUT2D eigenvalue weighted by molar-refractivity contribution is 0.0578. The van der Waals surface area contributed by atoms with E-state index in [1.54, 1.807) is 0 Å². The Morgan fingerprint density at radius 2 is 2.04 bits per heavy atom. The summed E-state index contributed by atoms with van der Waals surface area (Å²) in [4.78, 5) is 21.7. The van der Waals surface area contributed by atoms with Gasteiger partial charge in [0.1, 0.15) is 5.76 Å². The van der Waals surface area contributed by atoms with Crippen molar-refractivity contribution >= 4 is 5.91 Å². The molecule has 1 aromatic carbocycles. The topological polar surface area (TPSA) is 49.6 Å². The molecule has 3 aliphatic heterocycles. The second-order valence-corrected chi connectivity index (χ2v) is 7.66. The molecule has 1 amide bonds. The Morgan fingerprint density at radius 3 is 2.81 bits per heavy atom. The van der Waals surface area contributed by atoms with Gasteiger partial charge in [0.2, 0.25) is 0 Å². The average Bonchev–Trinajstić information content (AvgIpc) is 2.89. The number of piperidine rings is 1. The zero-order chi connectivity index (χ0) is 17.9. The summed E-state index contributed by atoms with van der Waals surface area (Å²) in [6, 6.07) is 11.0. The van der Waals surface area contributed by atoms with E-state index >= 15 is 0 Å². The number of hydrogen-bond acceptors (Lipinski definition) is 4. The Kier molecular flexibility index (Phi) is 5.07. The second kappa shape index (κ2) is 7.62. The zero-order valence-electron chi connectivity index (χ0n) is 15.4. The molecule has 3 aliphatic rings. The lowest BCUT2D eigenvalue weighted by atomic mass is 9.94. The molecule has 138 valence electrons. The van der Waals surface area contributed by atoms with Gasteiger partial charge in [-0.15, -0.1) is 0 Å². The first-order valence-corrected chi connectivity index (χ1v) is 9.68. The first-order valence-electron chi connectivity index (χ1n) is 9.68. The fourth-order valence-electron chi connectivity index (χ4n) is 4.41. The van der Waals surface area contributed by atoms with Gasteiger partial charge in [-0.05, 0) is 50.6 Å². The van der Waals surface area contributed by atoms with Crippen molar-refractivity contribution in [3.05, 3.63) is 53.7 Å². The van der Waals surface area contributed by atoms with Crippen LogP contribution in [0.5, 0.6) is 0 Å². The molecular weight excluding hydrogens is 326 g/mol. The third-order valence-electron chi connectivity index (χ3n) is 5.78. The Balaban J connectivity index is 1.37. The first kappa shape index (κ1) is 17.3. The van der Waals surface area contributed by atoms with E-state index in [1.807, 2.05) is 6.92 Å². The molecule has 0 unspecified atom stereocenters. The van der Waals surface area contributed by atoms with Crippen LogP contribution in [0.15, 0.2) is 41.1 Å². The summed E-state index contributed by atoms with van der Waals surface area (Å²) in [5.74, 6) is 1.23. The minimum Gasteiger partial charge on any atom is -0.448 e. The van der Waals surface area contributed by atoms with Crippen LogP contribution in [0.1, 0.15) is 41.1 Å². The van der Waals surface area contributed by atoms with Crippen LogP contribution in [-0.2, 0) is 6.42 Å². The van der Waals surface area contributed by atoms with Crippen LogP contribution in [0, 0.1) is 12.8 Å². The Hall–Kier alpha value is -2.14. The van der Waals surface area contributed by atoms with Crippen molar-refractivity contribution in [2.24, 2.45) is 5.92 Å². The van der Waals surface area contributed by atoms with Gasteiger partial charge in [0.05, 0.1) is 0 Å². The smallest absolute Gasteiger partial charge is 0.276 e. The van der Waals surface area contributed by atoms with Crippen molar-refractivity contribution in [3.8, 4) is 0 Å². The Labute approximate surface area is 155 Å². The van der Waals surface area contributed by atoms with E-state index in [0.717, 1.165) is 39.0 Å². The molecule has 2 atom stereocenters. The Morgan fingerprint density at radius 1 is 1.19 bits per heavy atom. The number of oxazole rings is 1. The van der Waals surface area contributed by atoms with Gasteiger partial charge in [-0.3, -0.25) is 4.79 Å². The van der Waals surface area contributed by atoms with E-state index < -0.39 is 0 Å². The maximum absolute atomic E-state index is 12.9. The molecule has 5 heteroatoms. The number of benzene rings is 1. The molecule has 2 aromatic rings. The maximum Gasteiger partial charge on any atom is 0.276 e. The van der Waals surface area contributed by atoms with Crippen molar-refractivity contribution in [1.82, 2.24) is 14.8 Å². The summed E-state index contributed by atoms with van der Waals surface area (Å²) < 4.78 is 5.24. The number of amides is 1. The van der Waals surface area contributed by atoms with Crippen LogP contribution in [0.4, 0.5) is 0 Å². The first-order chi connectivity index (χ1) is 12.7. The maximum atomic E-state index is 12.9. The van der Waals surface area contributed by atoms with Gasteiger partial charge in [0, 0.05) is 25.7 Å². The summed E-state index contributed by atoms with van der Waals surface area (Å²) in [5, 5.41) is 0. The van der Waals surface area contributed by atoms with E-state index in [2.05, 4.69) is 45.1 Å². The van der Waals surface area contributed by atoms with Gasteiger partial charge in [0.25, 0.3) is 5.91 Å². The van der Waals surface area contributed by atoms with E-state index in [0.29, 0.717) is 23.4 Å². The van der Waals surface area contributed by atoms with Crippen LogP contribution in [-0.4, -0.2) is 52.9 Å². The van der Waals surface area contributed by atoms with Gasteiger partial charge in [-0.2, -0.15) is 0 Å². The normalized spacial score (nSPS) is 23.2. The van der Waals surface area contributed by atoms with Crippen LogP contribution < -0.4 is 0 Å². The van der Waals surface area contributed by atoms with Crippen molar-refractivity contribution in [3.63, 3.8) is 0 Å². The number of fused-ring (bicyclic) bond motifs is 4. The molecule has 26 heavy (non-hydrogen) atoms. The third-order valence-corrected chi connectivity index (χ3v) is 5.78. The minimum atomic E-state index is 0.0390. The highest BCUT2D eigenvalue weighted by Crippen LogP contribution is 2.29. The molecule has 4 heterocycles. The highest BCUT2D eigenvalue weighted by Gasteiger charge is 2.38. The van der Waals surface area contributed by atoms with Gasteiger partial charge in [0.15, 0.2) is 12.1 Å². The molecule has 0 N–H and O–H groups in total. The van der Waals surface area contributed by atoms with E-state index in [4.69, 9.17) is 4.42 Å². The van der Waals surface area contributed by atoms with E-state index in [-0.39, 0.29) is 5.91 Å². The highest BCUT2D eigenvalue weighted by molar-refractivity contribution is 5.93. The van der Waals surface area contributed by atoms with Crippen LogP contribution in [0.3, 0.4) is 0 Å². The zero-order valence-corrected chi connectivity index (χ0v) is 15.4. The summed E-state index contributed by atoms with van der Waals surface area (Å²) in [5.41, 5.74) is 1.89. The SMILES string of the molecule is Cc1ocnc1C(=O)N1C[C@H]2CC[C@@H]1CN(CCCc1ccccc1)C2. The molecule has 3 saturated heterocycles. The molecule has 0 radical (unpaired) electrons. The molecule has 3 fully saturated rings. The number of nitrogens with zero attached hydrogens (tertiary/aromatic N) is 3. The van der Waals surface area contributed by atoms with Crippen molar-refractivity contribution < 1.29 is 9.21 Å². The monoisotopic (exact) mass is 353 g/mol. The van der Waals surface area contributed by atoms with Gasteiger partial charge >= 0.3 is 0 Å². The molecule has 0 spiro atoms. The third kappa shape index (κ3) is 3.68. The van der Waals surface area contributed by atoms with Crippen LogP contribution in [0.2, 0.25) is 0 Å². The standard InChI is InChI=1S/C21H27N3O2/c1-16-20(22-15-26-16)21(25)24-13-18-9-10-19(24)14-23(12-18)11-5-8-17-6-3-2-4-7-17/h2-4,6-7,15,18-19H,5,8-14H2,1H3/t18-,19+/m0/s1. The van der Waals surface area contributed by atoms with E-state index in [9.17, 15) is 4.79 Å². The minimum absolute atomic E-state index is 0.0390. The van der Waals surface area contributed by atoms with Crippen molar-refractivity contribution in [2.45, 2.75) is 38.6 Å². The number of carbonyl (C=O) groups excluding carboxylic acids is 1. The average molecular weight is 353 g/mol. The molecule has 5 rings (SSSR count). The summed E-state index contributed by atoms with van der Waals surface area (Å²) in [7, 11) is 0. The lowest BCUT2D eigenvalue weighted by Gasteiger charge is -2.35. The molecule has 2 bridgehead atoms. The van der Waals surface area contributed by atoms with Gasteiger partial charge in [-0.1, -0.05) is 30.3 Å². The number of hydrogen-bond donors (Lipinski definition) is 0. The van der Waals surface area contributed by atoms with E-state index in [1.165, 1.54) is 24.8 Å². The number of aromatic nitrogens is 1. The fraction of sp³-hybridized carbons (Fsp3) is 0.524. The lowest BCUT2D eigenvalue weighted by Crippen LogP contribution is -2.47. The predicted octanol–water partition coefficient (Wildman–Crippen LogP) is 3.15. The summed E-state index contributed by atoms with van der Waals surface area (Å²) in [6.07, 6.45) is 5.98. The molecule has 0 saturated carbocycles. The number of aryl methyl sites for hydroxylation is 2.